The number of aromatic nitrogens is 3. The topological polar surface area (TPSA) is 60.2 Å². The molecule has 1 aromatic carbocycles. The zero-order chi connectivity index (χ0) is 15.0. The molecule has 1 unspecified atom stereocenters. The van der Waals surface area contributed by atoms with Crippen molar-refractivity contribution in [1.29, 1.82) is 0 Å². The van der Waals surface area contributed by atoms with Gasteiger partial charge in [0.2, 0.25) is 5.88 Å². The van der Waals surface area contributed by atoms with Crippen molar-refractivity contribution in [3.63, 3.8) is 0 Å². The summed E-state index contributed by atoms with van der Waals surface area (Å²) in [6, 6.07) is 9.77. The molecule has 0 radical (unpaired) electrons. The van der Waals surface area contributed by atoms with Crippen LogP contribution in [0.25, 0.3) is 10.9 Å². The third-order valence-electron chi connectivity index (χ3n) is 3.61. The van der Waals surface area contributed by atoms with E-state index in [-0.39, 0.29) is 0 Å². The first-order chi connectivity index (χ1) is 10.1. The molecule has 5 heteroatoms. The molecule has 0 aliphatic carbocycles. The number of rotatable bonds is 3. The van der Waals surface area contributed by atoms with Crippen LogP contribution >= 0.6 is 0 Å². The first kappa shape index (κ1) is 13.6. The number of benzene rings is 1. The van der Waals surface area contributed by atoms with Gasteiger partial charge in [0, 0.05) is 24.2 Å². The van der Waals surface area contributed by atoms with Gasteiger partial charge >= 0.3 is 0 Å². The Hall–Kier alpha value is -2.40. The average Bonchev–Trinajstić information content (AvgIpc) is 2.79. The molecule has 0 saturated carbocycles. The zero-order valence-electron chi connectivity index (χ0n) is 12.2. The van der Waals surface area contributed by atoms with Crippen LogP contribution < -0.4 is 4.74 Å². The van der Waals surface area contributed by atoms with E-state index in [1.807, 2.05) is 37.3 Å². The van der Waals surface area contributed by atoms with Gasteiger partial charge < -0.3 is 9.84 Å². The lowest BCUT2D eigenvalue weighted by molar-refractivity contribution is 0.212. The number of aliphatic hydroxyl groups is 1. The fourth-order valence-corrected chi connectivity index (χ4v) is 2.61. The minimum atomic E-state index is -0.814. The van der Waals surface area contributed by atoms with Crippen LogP contribution in [0.5, 0.6) is 5.88 Å². The molecule has 1 N–H and O–H groups in total. The van der Waals surface area contributed by atoms with Gasteiger partial charge in [0.15, 0.2) is 0 Å². The van der Waals surface area contributed by atoms with Crippen LogP contribution in [0.3, 0.4) is 0 Å². The molecule has 1 atom stereocenters. The second kappa shape index (κ2) is 5.18. The number of aliphatic hydroxyl groups excluding tert-OH is 1. The quantitative estimate of drug-likeness (QED) is 0.801. The Morgan fingerprint density at radius 2 is 2.05 bits per heavy atom. The molecular formula is C16H17N3O2. The van der Waals surface area contributed by atoms with Crippen LogP contribution in [-0.2, 0) is 7.05 Å². The molecule has 0 fully saturated rings. The van der Waals surface area contributed by atoms with E-state index >= 15 is 0 Å². The van der Waals surface area contributed by atoms with Crippen molar-refractivity contribution >= 4 is 10.9 Å². The number of nitrogens with zero attached hydrogens (tertiary/aromatic N) is 3. The van der Waals surface area contributed by atoms with Crippen molar-refractivity contribution < 1.29 is 9.84 Å². The molecule has 3 rings (SSSR count). The van der Waals surface area contributed by atoms with Crippen LogP contribution in [0.4, 0.5) is 0 Å². The molecule has 5 nitrogen and oxygen atoms in total. The summed E-state index contributed by atoms with van der Waals surface area (Å²) < 4.78 is 6.97. The van der Waals surface area contributed by atoms with Crippen LogP contribution in [0.2, 0.25) is 0 Å². The van der Waals surface area contributed by atoms with Crippen molar-refractivity contribution in [3.05, 3.63) is 53.3 Å². The predicted molar refractivity (Wildman–Crippen MR) is 80.3 cm³/mol. The first-order valence-electron chi connectivity index (χ1n) is 6.72. The van der Waals surface area contributed by atoms with E-state index in [0.717, 1.165) is 22.2 Å². The lowest BCUT2D eigenvalue weighted by Gasteiger charge is -2.13. The molecule has 0 aliphatic heterocycles. The largest absolute Gasteiger partial charge is 0.481 e. The summed E-state index contributed by atoms with van der Waals surface area (Å²) in [7, 11) is 3.37. The summed E-state index contributed by atoms with van der Waals surface area (Å²) in [4.78, 5) is 4.39. The van der Waals surface area contributed by atoms with E-state index in [2.05, 4.69) is 10.1 Å². The Labute approximate surface area is 122 Å². The van der Waals surface area contributed by atoms with Gasteiger partial charge in [-0.2, -0.15) is 5.10 Å². The highest BCUT2D eigenvalue weighted by molar-refractivity contribution is 5.78. The standard InChI is InChI=1S/C16H17N3O2/c1-10-14(16(21-3)19(2)18-10)15(20)12-8-11-6-4-5-7-13(11)17-9-12/h4-9,15,20H,1-3H3. The predicted octanol–water partition coefficient (Wildman–Crippen LogP) is 2.37. The van der Waals surface area contributed by atoms with Crippen molar-refractivity contribution in [2.75, 3.05) is 7.11 Å². The summed E-state index contributed by atoms with van der Waals surface area (Å²) in [6.07, 6.45) is 0.879. The highest BCUT2D eigenvalue weighted by Crippen LogP contribution is 2.32. The van der Waals surface area contributed by atoms with Crippen molar-refractivity contribution in [1.82, 2.24) is 14.8 Å². The Morgan fingerprint density at radius 1 is 1.29 bits per heavy atom. The molecule has 0 saturated heterocycles. The number of hydrogen-bond acceptors (Lipinski definition) is 4. The molecule has 0 amide bonds. The van der Waals surface area contributed by atoms with Crippen LogP contribution in [0.15, 0.2) is 36.5 Å². The van der Waals surface area contributed by atoms with Gasteiger partial charge in [-0.3, -0.25) is 4.98 Å². The molecule has 2 aromatic heterocycles. The van der Waals surface area contributed by atoms with Crippen molar-refractivity contribution in [2.24, 2.45) is 7.05 Å². The summed E-state index contributed by atoms with van der Waals surface area (Å²) >= 11 is 0. The Bertz CT molecular complexity index is 795. The number of para-hydroxylation sites is 1. The van der Waals surface area contributed by atoms with Gasteiger partial charge in [-0.05, 0) is 19.1 Å². The monoisotopic (exact) mass is 283 g/mol. The maximum absolute atomic E-state index is 10.7. The van der Waals surface area contributed by atoms with E-state index in [1.54, 1.807) is 25.0 Å². The fourth-order valence-electron chi connectivity index (χ4n) is 2.61. The minimum absolute atomic E-state index is 0.563. The van der Waals surface area contributed by atoms with Gasteiger partial charge in [-0.15, -0.1) is 0 Å². The summed E-state index contributed by atoms with van der Waals surface area (Å²) in [6.45, 7) is 1.86. The third-order valence-corrected chi connectivity index (χ3v) is 3.61. The second-order valence-electron chi connectivity index (χ2n) is 5.00. The molecule has 108 valence electrons. The molecule has 0 aliphatic rings. The Kier molecular flexibility index (Phi) is 3.35. The van der Waals surface area contributed by atoms with E-state index in [4.69, 9.17) is 4.74 Å². The Balaban J connectivity index is 2.10. The molecule has 3 aromatic rings. The highest BCUT2D eigenvalue weighted by Gasteiger charge is 2.23. The number of hydrogen-bond donors (Lipinski definition) is 1. The van der Waals surface area contributed by atoms with Crippen LogP contribution in [0.1, 0.15) is 22.9 Å². The number of methoxy groups -OCH3 is 1. The number of pyridine rings is 1. The molecule has 2 heterocycles. The summed E-state index contributed by atoms with van der Waals surface area (Å²) in [5, 5.41) is 16.0. The normalized spacial score (nSPS) is 12.6. The molecule has 0 spiro atoms. The highest BCUT2D eigenvalue weighted by atomic mass is 16.5. The number of ether oxygens (including phenoxy) is 1. The maximum Gasteiger partial charge on any atom is 0.217 e. The molecular weight excluding hydrogens is 266 g/mol. The van der Waals surface area contributed by atoms with Crippen LogP contribution in [0, 0.1) is 6.92 Å². The first-order valence-corrected chi connectivity index (χ1v) is 6.72. The third kappa shape index (κ3) is 2.25. The van der Waals surface area contributed by atoms with Gasteiger partial charge in [0.1, 0.15) is 6.10 Å². The van der Waals surface area contributed by atoms with E-state index in [1.165, 1.54) is 0 Å². The molecule has 21 heavy (non-hydrogen) atoms. The average molecular weight is 283 g/mol. The van der Waals surface area contributed by atoms with Gasteiger partial charge in [0.25, 0.3) is 0 Å². The molecule has 0 bridgehead atoms. The lowest BCUT2D eigenvalue weighted by atomic mass is 10.0. The van der Waals surface area contributed by atoms with Crippen LogP contribution in [-0.4, -0.2) is 27.0 Å². The van der Waals surface area contributed by atoms with Gasteiger partial charge in [-0.25, -0.2) is 4.68 Å². The smallest absolute Gasteiger partial charge is 0.217 e. The summed E-state index contributed by atoms with van der Waals surface area (Å²) in [5.74, 6) is 0.563. The minimum Gasteiger partial charge on any atom is -0.481 e. The SMILES string of the molecule is COc1c(C(O)c2cnc3ccccc3c2)c(C)nn1C. The maximum atomic E-state index is 10.7. The number of fused-ring (bicyclic) bond motifs is 1. The number of aryl methyl sites for hydroxylation is 2. The zero-order valence-corrected chi connectivity index (χ0v) is 12.2. The summed E-state index contributed by atoms with van der Waals surface area (Å²) in [5.41, 5.74) is 3.05. The Morgan fingerprint density at radius 3 is 2.81 bits per heavy atom. The fraction of sp³-hybridized carbons (Fsp3) is 0.250. The second-order valence-corrected chi connectivity index (χ2v) is 5.00. The van der Waals surface area contributed by atoms with Crippen molar-refractivity contribution in [3.8, 4) is 5.88 Å². The van der Waals surface area contributed by atoms with E-state index < -0.39 is 6.10 Å². The van der Waals surface area contributed by atoms with E-state index in [0.29, 0.717) is 11.4 Å². The van der Waals surface area contributed by atoms with Gasteiger partial charge in [-0.1, -0.05) is 18.2 Å². The lowest BCUT2D eigenvalue weighted by Crippen LogP contribution is -2.04. The van der Waals surface area contributed by atoms with Crippen molar-refractivity contribution in [2.45, 2.75) is 13.0 Å². The van der Waals surface area contributed by atoms with E-state index in [9.17, 15) is 5.11 Å². The van der Waals surface area contributed by atoms with Gasteiger partial charge in [0.05, 0.1) is 23.9 Å².